The maximum absolute atomic E-state index is 13.4. The van der Waals surface area contributed by atoms with E-state index in [1.54, 1.807) is 11.8 Å². The molecule has 0 bridgehead atoms. The Kier molecular flexibility index (Phi) is 6.97. The molecule has 3 nitrogen and oxygen atoms in total. The Labute approximate surface area is 167 Å². The van der Waals surface area contributed by atoms with Gasteiger partial charge in [-0.2, -0.15) is 0 Å². The largest absolute Gasteiger partial charge is 0.351 e. The zero-order valence-electron chi connectivity index (χ0n) is 16.4. The normalized spacial score (nSPS) is 20.8. The predicted octanol–water partition coefficient (Wildman–Crippen LogP) is 4.47. The van der Waals surface area contributed by atoms with E-state index in [9.17, 15) is 4.79 Å². The van der Waals surface area contributed by atoms with Crippen molar-refractivity contribution in [2.24, 2.45) is 0 Å². The second-order valence-corrected chi connectivity index (χ2v) is 8.15. The quantitative estimate of drug-likeness (QED) is 0.748. The second-order valence-electron chi connectivity index (χ2n) is 7.27. The summed E-state index contributed by atoms with van der Waals surface area (Å²) in [7, 11) is 0. The van der Waals surface area contributed by atoms with E-state index in [2.05, 4.69) is 59.8 Å². The van der Waals surface area contributed by atoms with Crippen LogP contribution in [0.4, 0.5) is 0 Å². The van der Waals surface area contributed by atoms with Gasteiger partial charge >= 0.3 is 0 Å². The van der Waals surface area contributed by atoms with Crippen molar-refractivity contribution in [3.8, 4) is 0 Å². The lowest BCUT2D eigenvalue weighted by Crippen LogP contribution is -2.45. The van der Waals surface area contributed by atoms with Crippen LogP contribution in [0.15, 0.2) is 59.5 Å². The maximum atomic E-state index is 13.4. The number of amides is 1. The average molecular weight is 383 g/mol. The molecule has 2 aromatic carbocycles. The molecule has 2 aromatic rings. The number of hydrogen-bond acceptors (Lipinski definition) is 3. The van der Waals surface area contributed by atoms with Gasteiger partial charge in [-0.05, 0) is 68.4 Å². The molecule has 27 heavy (non-hydrogen) atoms. The molecule has 4 heteroatoms. The first-order valence-corrected chi connectivity index (χ1v) is 11.1. The van der Waals surface area contributed by atoms with Crippen LogP contribution < -0.4 is 5.32 Å². The predicted molar refractivity (Wildman–Crippen MR) is 114 cm³/mol. The minimum absolute atomic E-state index is 0.167. The van der Waals surface area contributed by atoms with Crippen molar-refractivity contribution in [1.29, 1.82) is 0 Å². The van der Waals surface area contributed by atoms with Crippen molar-refractivity contribution in [2.75, 3.05) is 25.9 Å². The van der Waals surface area contributed by atoms with Crippen LogP contribution in [0.3, 0.4) is 0 Å². The van der Waals surface area contributed by atoms with Crippen LogP contribution in [0.5, 0.6) is 0 Å². The van der Waals surface area contributed by atoms with Gasteiger partial charge in [-0.1, -0.05) is 49.4 Å². The molecule has 1 saturated heterocycles. The van der Waals surface area contributed by atoms with Crippen LogP contribution >= 0.6 is 11.8 Å². The smallest absolute Gasteiger partial charge is 0.230 e. The molecule has 0 radical (unpaired) electrons. The highest BCUT2D eigenvalue weighted by Crippen LogP contribution is 2.36. The maximum Gasteiger partial charge on any atom is 0.230 e. The molecule has 0 unspecified atom stereocenters. The van der Waals surface area contributed by atoms with E-state index in [0.717, 1.165) is 50.0 Å². The molecular weight excluding hydrogens is 352 g/mol. The Morgan fingerprint density at radius 3 is 2.48 bits per heavy atom. The first-order valence-electron chi connectivity index (χ1n) is 9.87. The Balaban J connectivity index is 1.78. The fraction of sp³-hybridized carbons (Fsp3) is 0.435. The minimum Gasteiger partial charge on any atom is -0.351 e. The summed E-state index contributed by atoms with van der Waals surface area (Å²) in [5.74, 6) is 0.167. The standard InChI is InChI=1S/C23H30N2OS/c1-3-25-16-7-14-23(15-17-25,20-8-5-4-6-9-20)22(26)24-18-19-10-12-21(27-2)13-11-19/h4-6,8-13H,3,7,14-18H2,1-2H3,(H,24,26)/t23-/m1/s1. The van der Waals surface area contributed by atoms with E-state index in [0.29, 0.717) is 6.54 Å². The molecule has 1 atom stereocenters. The van der Waals surface area contributed by atoms with E-state index < -0.39 is 5.41 Å². The molecule has 1 aliphatic heterocycles. The van der Waals surface area contributed by atoms with Crippen molar-refractivity contribution >= 4 is 17.7 Å². The molecule has 3 rings (SSSR count). The Bertz CT molecular complexity index is 732. The fourth-order valence-electron chi connectivity index (χ4n) is 4.01. The van der Waals surface area contributed by atoms with E-state index in [1.807, 2.05) is 18.2 Å². The molecule has 1 aliphatic rings. The Morgan fingerprint density at radius 1 is 1.07 bits per heavy atom. The molecule has 0 spiro atoms. The molecular formula is C23H30N2OS. The first-order chi connectivity index (χ1) is 13.2. The van der Waals surface area contributed by atoms with Crippen molar-refractivity contribution in [3.05, 3.63) is 65.7 Å². The molecule has 0 aromatic heterocycles. The first kappa shape index (κ1) is 20.0. The third-order valence-electron chi connectivity index (χ3n) is 5.75. The monoisotopic (exact) mass is 382 g/mol. The number of rotatable bonds is 6. The van der Waals surface area contributed by atoms with Crippen molar-refractivity contribution in [3.63, 3.8) is 0 Å². The lowest BCUT2D eigenvalue weighted by molar-refractivity contribution is -0.127. The lowest BCUT2D eigenvalue weighted by atomic mass is 9.73. The van der Waals surface area contributed by atoms with Gasteiger partial charge in [-0.3, -0.25) is 4.79 Å². The number of nitrogens with one attached hydrogen (secondary N) is 1. The average Bonchev–Trinajstić information content (AvgIpc) is 2.96. The van der Waals surface area contributed by atoms with E-state index >= 15 is 0 Å². The number of likely N-dealkylation sites (tertiary alicyclic amines) is 1. The van der Waals surface area contributed by atoms with Crippen LogP contribution in [0.25, 0.3) is 0 Å². The molecule has 0 saturated carbocycles. The molecule has 1 amide bonds. The van der Waals surface area contributed by atoms with Crippen LogP contribution in [-0.4, -0.2) is 36.7 Å². The molecule has 1 heterocycles. The number of carbonyl (C=O) groups excluding carboxylic acids is 1. The second kappa shape index (κ2) is 9.43. The summed E-state index contributed by atoms with van der Waals surface area (Å²) in [6.07, 6.45) is 4.91. The van der Waals surface area contributed by atoms with Gasteiger partial charge in [-0.25, -0.2) is 0 Å². The van der Waals surface area contributed by atoms with Gasteiger partial charge in [0.25, 0.3) is 0 Å². The Hall–Kier alpha value is -1.78. The Morgan fingerprint density at radius 2 is 1.81 bits per heavy atom. The van der Waals surface area contributed by atoms with Crippen LogP contribution in [0.1, 0.15) is 37.3 Å². The summed E-state index contributed by atoms with van der Waals surface area (Å²) < 4.78 is 0. The van der Waals surface area contributed by atoms with Gasteiger partial charge in [0.2, 0.25) is 5.91 Å². The summed E-state index contributed by atoms with van der Waals surface area (Å²) >= 11 is 1.73. The van der Waals surface area contributed by atoms with Gasteiger partial charge in [0.15, 0.2) is 0 Å². The topological polar surface area (TPSA) is 32.3 Å². The molecule has 0 aliphatic carbocycles. The third kappa shape index (κ3) is 4.74. The van der Waals surface area contributed by atoms with Crippen LogP contribution in [-0.2, 0) is 16.8 Å². The van der Waals surface area contributed by atoms with E-state index in [1.165, 1.54) is 4.90 Å². The van der Waals surface area contributed by atoms with Gasteiger partial charge in [-0.15, -0.1) is 11.8 Å². The number of hydrogen-bond donors (Lipinski definition) is 1. The van der Waals surface area contributed by atoms with E-state index in [4.69, 9.17) is 0 Å². The SMILES string of the molecule is CCN1CCC[C@](C(=O)NCc2ccc(SC)cc2)(c2ccccc2)CC1. The number of nitrogens with zero attached hydrogens (tertiary/aromatic N) is 1. The minimum atomic E-state index is -0.426. The summed E-state index contributed by atoms with van der Waals surface area (Å²) in [4.78, 5) is 17.1. The molecule has 1 N–H and O–H groups in total. The highest BCUT2D eigenvalue weighted by molar-refractivity contribution is 7.98. The number of thioether (sulfide) groups is 1. The fourth-order valence-corrected chi connectivity index (χ4v) is 4.41. The highest BCUT2D eigenvalue weighted by atomic mass is 32.2. The van der Waals surface area contributed by atoms with Crippen molar-refractivity contribution in [1.82, 2.24) is 10.2 Å². The number of benzene rings is 2. The summed E-state index contributed by atoms with van der Waals surface area (Å²) in [5.41, 5.74) is 1.87. The van der Waals surface area contributed by atoms with Gasteiger partial charge in [0.05, 0.1) is 5.41 Å². The van der Waals surface area contributed by atoms with Gasteiger partial charge in [0, 0.05) is 11.4 Å². The van der Waals surface area contributed by atoms with Crippen molar-refractivity contribution in [2.45, 2.75) is 43.0 Å². The summed E-state index contributed by atoms with van der Waals surface area (Å²) in [6.45, 7) is 5.89. The third-order valence-corrected chi connectivity index (χ3v) is 6.50. The zero-order valence-corrected chi connectivity index (χ0v) is 17.2. The summed E-state index contributed by atoms with van der Waals surface area (Å²) in [6, 6.07) is 18.8. The molecule has 1 fully saturated rings. The summed E-state index contributed by atoms with van der Waals surface area (Å²) in [5, 5.41) is 3.24. The van der Waals surface area contributed by atoms with Crippen LogP contribution in [0, 0.1) is 0 Å². The number of carbonyl (C=O) groups is 1. The van der Waals surface area contributed by atoms with E-state index in [-0.39, 0.29) is 5.91 Å². The highest BCUT2D eigenvalue weighted by Gasteiger charge is 2.40. The molecule has 144 valence electrons. The van der Waals surface area contributed by atoms with Crippen molar-refractivity contribution < 1.29 is 4.79 Å². The zero-order chi connectivity index (χ0) is 19.1. The van der Waals surface area contributed by atoms with Crippen LogP contribution in [0.2, 0.25) is 0 Å². The van der Waals surface area contributed by atoms with Gasteiger partial charge in [0.1, 0.15) is 0 Å². The lowest BCUT2D eigenvalue weighted by Gasteiger charge is -2.32. The van der Waals surface area contributed by atoms with Gasteiger partial charge < -0.3 is 10.2 Å².